The minimum absolute atomic E-state index is 0.824. The lowest BCUT2D eigenvalue weighted by Crippen LogP contribution is -2.37. The third-order valence-corrected chi connectivity index (χ3v) is 3.58. The van der Waals surface area contributed by atoms with Gasteiger partial charge in [0.1, 0.15) is 0 Å². The van der Waals surface area contributed by atoms with E-state index in [1.54, 1.807) is 0 Å². The van der Waals surface area contributed by atoms with Crippen LogP contribution in [0.5, 0.6) is 0 Å². The number of nitrogens with zero attached hydrogens (tertiary/aromatic N) is 1. The number of morpholine rings is 1. The van der Waals surface area contributed by atoms with Gasteiger partial charge in [0.15, 0.2) is 0 Å². The Hall–Kier alpha value is -0.610. The zero-order valence-corrected chi connectivity index (χ0v) is 12.4. The van der Waals surface area contributed by atoms with Crippen molar-refractivity contribution in [1.29, 1.82) is 0 Å². The van der Waals surface area contributed by atoms with Crippen LogP contribution in [0, 0.1) is 6.92 Å². The second kappa shape index (κ2) is 7.85. The molecular weight excluding hydrogens is 260 g/mol. The Morgan fingerprint density at radius 1 is 1.26 bits per heavy atom. The van der Waals surface area contributed by atoms with Crippen molar-refractivity contribution in [3.8, 4) is 0 Å². The van der Waals surface area contributed by atoms with Gasteiger partial charge in [-0.3, -0.25) is 4.90 Å². The number of benzene rings is 1. The van der Waals surface area contributed by atoms with Crippen LogP contribution in [0.3, 0.4) is 0 Å². The van der Waals surface area contributed by atoms with Crippen molar-refractivity contribution in [3.63, 3.8) is 0 Å². The second-order valence-electron chi connectivity index (χ2n) is 5.12. The number of rotatable bonds is 6. The van der Waals surface area contributed by atoms with Gasteiger partial charge in [0.25, 0.3) is 0 Å². The maximum Gasteiger partial charge on any atom is 0.0594 e. The van der Waals surface area contributed by atoms with Crippen LogP contribution in [-0.2, 0) is 11.3 Å². The predicted octanol–water partition coefficient (Wildman–Crippen LogP) is 2.46. The number of hydrogen-bond donors (Lipinski definition) is 1. The van der Waals surface area contributed by atoms with Gasteiger partial charge in [-0.15, -0.1) is 0 Å². The molecule has 1 aromatic carbocycles. The number of aryl methyl sites for hydroxylation is 1. The average Bonchev–Trinajstić information content (AvgIpc) is 2.38. The van der Waals surface area contributed by atoms with Crippen LogP contribution in [0.1, 0.15) is 17.5 Å². The van der Waals surface area contributed by atoms with Crippen LogP contribution in [0.4, 0.5) is 0 Å². The fourth-order valence-corrected chi connectivity index (χ4v) is 2.71. The molecule has 1 N–H and O–H groups in total. The smallest absolute Gasteiger partial charge is 0.0594 e. The van der Waals surface area contributed by atoms with E-state index in [2.05, 4.69) is 23.2 Å². The normalized spacial score (nSPS) is 16.7. The zero-order chi connectivity index (χ0) is 13.5. The minimum Gasteiger partial charge on any atom is -0.379 e. The molecule has 1 aliphatic rings. The van der Waals surface area contributed by atoms with Crippen molar-refractivity contribution in [2.75, 3.05) is 39.4 Å². The van der Waals surface area contributed by atoms with Gasteiger partial charge >= 0.3 is 0 Å². The third-order valence-electron chi connectivity index (χ3n) is 3.36. The highest BCUT2D eigenvalue weighted by molar-refractivity contribution is 6.30. The van der Waals surface area contributed by atoms with Crippen LogP contribution < -0.4 is 5.32 Å². The molecule has 0 spiro atoms. The van der Waals surface area contributed by atoms with E-state index in [0.29, 0.717) is 0 Å². The molecule has 0 aromatic heterocycles. The van der Waals surface area contributed by atoms with Gasteiger partial charge in [0.2, 0.25) is 0 Å². The van der Waals surface area contributed by atoms with E-state index in [9.17, 15) is 0 Å². The summed E-state index contributed by atoms with van der Waals surface area (Å²) in [5.74, 6) is 0. The van der Waals surface area contributed by atoms with E-state index in [-0.39, 0.29) is 0 Å². The first-order chi connectivity index (χ1) is 9.24. The van der Waals surface area contributed by atoms with E-state index in [1.165, 1.54) is 17.5 Å². The topological polar surface area (TPSA) is 24.5 Å². The Kier molecular flexibility index (Phi) is 6.11. The summed E-state index contributed by atoms with van der Waals surface area (Å²) in [6.07, 6.45) is 1.18. The molecule has 0 radical (unpaired) electrons. The molecule has 1 fully saturated rings. The Morgan fingerprint density at radius 3 is 2.79 bits per heavy atom. The lowest BCUT2D eigenvalue weighted by atomic mass is 10.1. The van der Waals surface area contributed by atoms with E-state index >= 15 is 0 Å². The summed E-state index contributed by atoms with van der Waals surface area (Å²) in [6, 6.07) is 6.20. The van der Waals surface area contributed by atoms with Crippen molar-refractivity contribution in [3.05, 3.63) is 34.3 Å². The Bertz CT molecular complexity index is 371. The van der Waals surface area contributed by atoms with E-state index in [4.69, 9.17) is 16.3 Å². The van der Waals surface area contributed by atoms with E-state index in [1.807, 2.05) is 12.1 Å². The maximum absolute atomic E-state index is 6.05. The molecule has 1 aromatic rings. The number of halogens is 1. The van der Waals surface area contributed by atoms with Crippen molar-refractivity contribution >= 4 is 11.6 Å². The summed E-state index contributed by atoms with van der Waals surface area (Å²) in [4.78, 5) is 2.47. The molecule has 1 aliphatic heterocycles. The summed E-state index contributed by atoms with van der Waals surface area (Å²) < 4.78 is 5.34. The molecule has 1 saturated heterocycles. The van der Waals surface area contributed by atoms with E-state index in [0.717, 1.165) is 51.0 Å². The second-order valence-corrected chi connectivity index (χ2v) is 5.56. The maximum atomic E-state index is 6.05. The van der Waals surface area contributed by atoms with Gasteiger partial charge in [0, 0.05) is 24.7 Å². The van der Waals surface area contributed by atoms with Gasteiger partial charge in [-0.05, 0) is 49.7 Å². The molecule has 106 valence electrons. The first-order valence-corrected chi connectivity index (χ1v) is 7.39. The molecular formula is C15H23ClN2O. The minimum atomic E-state index is 0.824. The quantitative estimate of drug-likeness (QED) is 0.811. The van der Waals surface area contributed by atoms with E-state index < -0.39 is 0 Å². The SMILES string of the molecule is Cc1cc(Cl)cc(CNCCCN2CCOCC2)c1. The number of nitrogens with one attached hydrogen (secondary N) is 1. The number of ether oxygens (including phenoxy) is 1. The van der Waals surface area contributed by atoms with Crippen LogP contribution in [0.25, 0.3) is 0 Å². The fourth-order valence-electron chi connectivity index (χ4n) is 2.40. The molecule has 4 heteroatoms. The molecule has 0 bridgehead atoms. The Balaban J connectivity index is 1.60. The summed E-state index contributed by atoms with van der Waals surface area (Å²) in [6.45, 7) is 9.09. The third kappa shape index (κ3) is 5.49. The lowest BCUT2D eigenvalue weighted by molar-refractivity contribution is 0.0374. The lowest BCUT2D eigenvalue weighted by Gasteiger charge is -2.26. The van der Waals surface area contributed by atoms with Crippen molar-refractivity contribution in [2.45, 2.75) is 19.9 Å². The van der Waals surface area contributed by atoms with Crippen molar-refractivity contribution in [2.24, 2.45) is 0 Å². The van der Waals surface area contributed by atoms with Crippen LogP contribution in [0.2, 0.25) is 5.02 Å². The van der Waals surface area contributed by atoms with Crippen LogP contribution in [-0.4, -0.2) is 44.3 Å². The molecule has 1 heterocycles. The molecule has 2 rings (SSSR count). The molecule has 0 amide bonds. The molecule has 3 nitrogen and oxygen atoms in total. The summed E-state index contributed by atoms with van der Waals surface area (Å²) in [5, 5.41) is 4.30. The van der Waals surface area contributed by atoms with Crippen LogP contribution in [0.15, 0.2) is 18.2 Å². The summed E-state index contributed by atoms with van der Waals surface area (Å²) >= 11 is 6.05. The monoisotopic (exact) mass is 282 g/mol. The largest absolute Gasteiger partial charge is 0.379 e. The van der Waals surface area contributed by atoms with Gasteiger partial charge in [-0.25, -0.2) is 0 Å². The zero-order valence-electron chi connectivity index (χ0n) is 11.6. The predicted molar refractivity (Wildman–Crippen MR) is 79.8 cm³/mol. The van der Waals surface area contributed by atoms with Gasteiger partial charge in [-0.1, -0.05) is 17.7 Å². The Morgan fingerprint density at radius 2 is 2.05 bits per heavy atom. The highest BCUT2D eigenvalue weighted by atomic mass is 35.5. The summed E-state index contributed by atoms with van der Waals surface area (Å²) in [5.41, 5.74) is 2.48. The first-order valence-electron chi connectivity index (χ1n) is 7.01. The number of hydrogen-bond acceptors (Lipinski definition) is 3. The highest BCUT2D eigenvalue weighted by Gasteiger charge is 2.08. The van der Waals surface area contributed by atoms with Crippen molar-refractivity contribution in [1.82, 2.24) is 10.2 Å². The molecule has 0 unspecified atom stereocenters. The Labute approximate surface area is 120 Å². The highest BCUT2D eigenvalue weighted by Crippen LogP contribution is 2.14. The molecule has 0 aliphatic carbocycles. The summed E-state index contributed by atoms with van der Waals surface area (Å²) in [7, 11) is 0. The average molecular weight is 283 g/mol. The first kappa shape index (κ1) is 14.8. The fraction of sp³-hybridized carbons (Fsp3) is 0.600. The van der Waals surface area contributed by atoms with Crippen molar-refractivity contribution < 1.29 is 4.74 Å². The molecule has 0 saturated carbocycles. The molecule has 0 atom stereocenters. The van der Waals surface area contributed by atoms with Gasteiger partial charge in [-0.2, -0.15) is 0 Å². The van der Waals surface area contributed by atoms with Crippen LogP contribution >= 0.6 is 11.6 Å². The molecule has 19 heavy (non-hydrogen) atoms. The standard InChI is InChI=1S/C15H23ClN2O/c1-13-9-14(11-15(16)10-13)12-17-3-2-4-18-5-7-19-8-6-18/h9-11,17H,2-8,12H2,1H3. The van der Waals surface area contributed by atoms with Gasteiger partial charge in [0.05, 0.1) is 13.2 Å². The van der Waals surface area contributed by atoms with Gasteiger partial charge < -0.3 is 10.1 Å².